The molecular weight excluding hydrogens is 387 g/mol. The van der Waals surface area contributed by atoms with Crippen molar-refractivity contribution in [1.82, 2.24) is 5.43 Å². The van der Waals surface area contributed by atoms with Crippen molar-refractivity contribution in [2.45, 2.75) is 6.61 Å². The van der Waals surface area contributed by atoms with Gasteiger partial charge in [-0.05, 0) is 33.4 Å². The predicted molar refractivity (Wildman–Crippen MR) is 84.5 cm³/mol. The molecule has 0 aliphatic rings. The Labute approximate surface area is 137 Å². The molecule has 1 aromatic carbocycles. The van der Waals surface area contributed by atoms with Crippen molar-refractivity contribution in [1.29, 1.82) is 0 Å². The number of thiophene rings is 1. The first-order valence-corrected chi connectivity index (χ1v) is 7.80. The minimum Gasteiger partial charge on any atom is -0.487 e. The highest BCUT2D eigenvalue weighted by molar-refractivity contribution is 9.10. The number of rotatable bonds is 4. The van der Waals surface area contributed by atoms with E-state index in [4.69, 9.17) is 33.8 Å². The standard InChI is InChI=1S/C12H9BrCl2N2O2S/c13-7-3-9(15)10(4-8(7)14)19-5-6-1-2-20-11(6)12(18)17-16/h1-4H,5,16H2,(H,17,18). The van der Waals surface area contributed by atoms with E-state index in [2.05, 4.69) is 21.4 Å². The largest absolute Gasteiger partial charge is 0.487 e. The van der Waals surface area contributed by atoms with Crippen molar-refractivity contribution in [3.8, 4) is 5.75 Å². The molecular formula is C12H9BrCl2N2O2S. The fourth-order valence-corrected chi connectivity index (χ4v) is 3.14. The topological polar surface area (TPSA) is 64.3 Å². The summed E-state index contributed by atoms with van der Waals surface area (Å²) >= 11 is 16.6. The van der Waals surface area contributed by atoms with Crippen molar-refractivity contribution in [3.63, 3.8) is 0 Å². The molecule has 2 aromatic rings. The van der Waals surface area contributed by atoms with Crippen LogP contribution in [0.15, 0.2) is 28.1 Å². The Balaban J connectivity index is 2.15. The number of benzene rings is 1. The first-order valence-electron chi connectivity index (χ1n) is 5.37. The number of amides is 1. The zero-order valence-electron chi connectivity index (χ0n) is 9.95. The highest BCUT2D eigenvalue weighted by atomic mass is 79.9. The summed E-state index contributed by atoms with van der Waals surface area (Å²) in [5.41, 5.74) is 2.83. The molecule has 8 heteroatoms. The Kier molecular flexibility index (Phi) is 5.29. The average Bonchev–Trinajstić information content (AvgIpc) is 2.89. The molecule has 4 nitrogen and oxygen atoms in total. The lowest BCUT2D eigenvalue weighted by molar-refractivity contribution is 0.0955. The van der Waals surface area contributed by atoms with E-state index in [9.17, 15) is 4.79 Å². The predicted octanol–water partition coefficient (Wildman–Crippen LogP) is 4.00. The van der Waals surface area contributed by atoms with Crippen LogP contribution in [0.3, 0.4) is 0 Å². The van der Waals surface area contributed by atoms with E-state index in [1.165, 1.54) is 11.3 Å². The number of hydrogen-bond acceptors (Lipinski definition) is 4. The van der Waals surface area contributed by atoms with E-state index in [1.807, 2.05) is 0 Å². The van der Waals surface area contributed by atoms with Gasteiger partial charge in [-0.2, -0.15) is 0 Å². The smallest absolute Gasteiger partial charge is 0.275 e. The Bertz CT molecular complexity index is 648. The van der Waals surface area contributed by atoms with Crippen molar-refractivity contribution in [2.75, 3.05) is 0 Å². The second-order valence-electron chi connectivity index (χ2n) is 3.73. The summed E-state index contributed by atoms with van der Waals surface area (Å²) in [6.07, 6.45) is 0. The number of hydrazine groups is 1. The molecule has 1 heterocycles. The SMILES string of the molecule is NNC(=O)c1sccc1COc1cc(Cl)c(Br)cc1Cl. The van der Waals surface area contributed by atoms with Gasteiger partial charge in [-0.3, -0.25) is 10.2 Å². The van der Waals surface area contributed by atoms with E-state index >= 15 is 0 Å². The zero-order chi connectivity index (χ0) is 14.7. The summed E-state index contributed by atoms with van der Waals surface area (Å²) in [6.45, 7) is 0.198. The summed E-state index contributed by atoms with van der Waals surface area (Å²) < 4.78 is 6.29. The third kappa shape index (κ3) is 3.45. The van der Waals surface area contributed by atoms with Crippen LogP contribution in [0.5, 0.6) is 5.75 Å². The van der Waals surface area contributed by atoms with Crippen LogP contribution < -0.4 is 16.0 Å². The number of halogens is 3. The van der Waals surface area contributed by atoms with Crippen LogP contribution in [0, 0.1) is 0 Å². The Morgan fingerprint density at radius 3 is 2.85 bits per heavy atom. The molecule has 0 aliphatic carbocycles. The molecule has 2 rings (SSSR count). The second-order valence-corrected chi connectivity index (χ2v) is 6.32. The van der Waals surface area contributed by atoms with Gasteiger partial charge in [0.15, 0.2) is 0 Å². The summed E-state index contributed by atoms with van der Waals surface area (Å²) in [5, 5.41) is 2.72. The van der Waals surface area contributed by atoms with Gasteiger partial charge >= 0.3 is 0 Å². The molecule has 0 atom stereocenters. The van der Waals surface area contributed by atoms with Crippen molar-refractivity contribution < 1.29 is 9.53 Å². The van der Waals surface area contributed by atoms with Crippen LogP contribution in [0.4, 0.5) is 0 Å². The van der Waals surface area contributed by atoms with Gasteiger partial charge in [0.25, 0.3) is 5.91 Å². The fraction of sp³-hybridized carbons (Fsp3) is 0.0833. The lowest BCUT2D eigenvalue weighted by Crippen LogP contribution is -2.30. The van der Waals surface area contributed by atoms with Crippen LogP contribution in [0.2, 0.25) is 10.0 Å². The zero-order valence-corrected chi connectivity index (χ0v) is 13.9. The van der Waals surface area contributed by atoms with Crippen LogP contribution >= 0.6 is 50.5 Å². The lowest BCUT2D eigenvalue weighted by Gasteiger charge is -2.09. The van der Waals surface area contributed by atoms with Gasteiger partial charge in [-0.1, -0.05) is 23.2 Å². The number of nitrogens with two attached hydrogens (primary N) is 1. The minimum absolute atomic E-state index is 0.198. The van der Waals surface area contributed by atoms with Gasteiger partial charge in [0.1, 0.15) is 12.4 Å². The van der Waals surface area contributed by atoms with Crippen LogP contribution in [0.1, 0.15) is 15.2 Å². The normalized spacial score (nSPS) is 10.4. The molecule has 0 saturated carbocycles. The number of ether oxygens (including phenoxy) is 1. The fourth-order valence-electron chi connectivity index (χ4n) is 1.48. The van der Waals surface area contributed by atoms with Crippen LogP contribution in [0.25, 0.3) is 0 Å². The highest BCUT2D eigenvalue weighted by Gasteiger charge is 2.13. The third-order valence-corrected chi connectivity index (χ3v) is 4.89. The van der Waals surface area contributed by atoms with E-state index in [0.717, 1.165) is 5.56 Å². The number of hydrogen-bond donors (Lipinski definition) is 2. The minimum atomic E-state index is -0.349. The van der Waals surface area contributed by atoms with Crippen molar-refractivity contribution >= 4 is 56.4 Å². The van der Waals surface area contributed by atoms with Gasteiger partial charge in [0.2, 0.25) is 0 Å². The van der Waals surface area contributed by atoms with Gasteiger partial charge in [0.05, 0.1) is 14.9 Å². The molecule has 0 radical (unpaired) electrons. The third-order valence-electron chi connectivity index (χ3n) is 2.44. The molecule has 1 amide bonds. The maximum atomic E-state index is 11.5. The number of carbonyl (C=O) groups is 1. The molecule has 0 saturated heterocycles. The monoisotopic (exact) mass is 394 g/mol. The highest BCUT2D eigenvalue weighted by Crippen LogP contribution is 2.34. The quantitative estimate of drug-likeness (QED) is 0.356. The van der Waals surface area contributed by atoms with Gasteiger partial charge in [-0.25, -0.2) is 5.84 Å². The molecule has 1 aromatic heterocycles. The lowest BCUT2D eigenvalue weighted by atomic mass is 10.2. The molecule has 106 valence electrons. The molecule has 0 bridgehead atoms. The molecule has 0 fully saturated rings. The van der Waals surface area contributed by atoms with E-state index < -0.39 is 0 Å². The molecule has 0 spiro atoms. The molecule has 0 unspecified atom stereocenters. The summed E-state index contributed by atoms with van der Waals surface area (Å²) in [5.74, 6) is 5.22. The van der Waals surface area contributed by atoms with Gasteiger partial charge in [-0.15, -0.1) is 11.3 Å². The average molecular weight is 396 g/mol. The summed E-state index contributed by atoms with van der Waals surface area (Å²) in [4.78, 5) is 12.0. The maximum absolute atomic E-state index is 11.5. The first kappa shape index (κ1) is 15.6. The van der Waals surface area contributed by atoms with E-state index in [-0.39, 0.29) is 12.5 Å². The number of nitrogen functional groups attached to an aromatic ring is 1. The van der Waals surface area contributed by atoms with E-state index in [1.54, 1.807) is 23.6 Å². The first-order chi connectivity index (χ1) is 9.52. The van der Waals surface area contributed by atoms with Gasteiger partial charge < -0.3 is 4.74 Å². The summed E-state index contributed by atoms with van der Waals surface area (Å²) in [7, 11) is 0. The Hall–Kier alpha value is -0.790. The Morgan fingerprint density at radius 2 is 2.15 bits per heavy atom. The number of nitrogens with one attached hydrogen (secondary N) is 1. The molecule has 0 aliphatic heterocycles. The maximum Gasteiger partial charge on any atom is 0.275 e. The molecule has 20 heavy (non-hydrogen) atoms. The van der Waals surface area contributed by atoms with E-state index in [0.29, 0.717) is 25.1 Å². The summed E-state index contributed by atoms with van der Waals surface area (Å²) in [6, 6.07) is 5.06. The van der Waals surface area contributed by atoms with Crippen LogP contribution in [-0.2, 0) is 6.61 Å². The Morgan fingerprint density at radius 1 is 1.40 bits per heavy atom. The molecule has 3 N–H and O–H groups in total. The van der Waals surface area contributed by atoms with Crippen molar-refractivity contribution in [2.24, 2.45) is 5.84 Å². The number of carbonyl (C=O) groups excluding carboxylic acids is 1. The van der Waals surface area contributed by atoms with Gasteiger partial charge in [0, 0.05) is 16.1 Å². The van der Waals surface area contributed by atoms with Crippen LogP contribution in [-0.4, -0.2) is 5.91 Å². The second kappa shape index (κ2) is 6.78. The van der Waals surface area contributed by atoms with Crippen molar-refractivity contribution in [3.05, 3.63) is 48.5 Å².